The van der Waals surface area contributed by atoms with E-state index in [2.05, 4.69) is 11.4 Å². The lowest BCUT2D eigenvalue weighted by Crippen LogP contribution is -2.40. The summed E-state index contributed by atoms with van der Waals surface area (Å²) in [7, 11) is 1.39. The molecule has 184 valence electrons. The van der Waals surface area contributed by atoms with Crippen LogP contribution in [0.15, 0.2) is 42.6 Å². The Labute approximate surface area is 205 Å². The number of carbonyl (C=O) groups excluding carboxylic acids is 2. The SMILES string of the molecule is COC(=O)C1CCc2ccccc2C1NC(=O)c1c(C)nc2c(OCC3CCCCC3)cccn12. The molecule has 35 heavy (non-hydrogen) atoms. The molecule has 2 aliphatic rings. The van der Waals surface area contributed by atoms with Crippen LogP contribution in [0.25, 0.3) is 5.65 Å². The van der Waals surface area contributed by atoms with Gasteiger partial charge >= 0.3 is 5.97 Å². The summed E-state index contributed by atoms with van der Waals surface area (Å²) in [6.07, 6.45) is 9.49. The van der Waals surface area contributed by atoms with Crippen molar-refractivity contribution in [3.05, 3.63) is 65.1 Å². The van der Waals surface area contributed by atoms with E-state index in [1.807, 2.05) is 43.5 Å². The fourth-order valence-corrected chi connectivity index (χ4v) is 5.66. The fourth-order valence-electron chi connectivity index (χ4n) is 5.66. The number of esters is 1. The van der Waals surface area contributed by atoms with Gasteiger partial charge in [-0.25, -0.2) is 4.98 Å². The van der Waals surface area contributed by atoms with E-state index in [0.29, 0.717) is 41.7 Å². The molecule has 2 aromatic heterocycles. The Morgan fingerprint density at radius 2 is 1.89 bits per heavy atom. The maximum absolute atomic E-state index is 13.6. The smallest absolute Gasteiger partial charge is 0.311 e. The minimum Gasteiger partial charge on any atom is -0.489 e. The van der Waals surface area contributed by atoms with Crippen molar-refractivity contribution in [2.45, 2.75) is 57.9 Å². The summed E-state index contributed by atoms with van der Waals surface area (Å²) >= 11 is 0. The Balaban J connectivity index is 1.42. The maximum atomic E-state index is 13.6. The van der Waals surface area contributed by atoms with Crippen LogP contribution in [0, 0.1) is 18.8 Å². The molecule has 1 N–H and O–H groups in total. The molecule has 0 saturated heterocycles. The Hall–Kier alpha value is -3.35. The minimum atomic E-state index is -0.462. The average Bonchev–Trinajstić information content (AvgIpc) is 3.24. The van der Waals surface area contributed by atoms with Gasteiger partial charge in [0.1, 0.15) is 5.69 Å². The molecule has 0 radical (unpaired) electrons. The lowest BCUT2D eigenvalue weighted by Gasteiger charge is -2.32. The lowest BCUT2D eigenvalue weighted by atomic mass is 9.79. The van der Waals surface area contributed by atoms with Crippen molar-refractivity contribution in [3.63, 3.8) is 0 Å². The van der Waals surface area contributed by atoms with E-state index in [4.69, 9.17) is 14.5 Å². The van der Waals surface area contributed by atoms with Crippen LogP contribution in [0.5, 0.6) is 5.75 Å². The lowest BCUT2D eigenvalue weighted by molar-refractivity contribution is -0.147. The number of imidazole rings is 1. The molecule has 1 amide bonds. The van der Waals surface area contributed by atoms with Gasteiger partial charge < -0.3 is 14.8 Å². The minimum absolute atomic E-state index is 0.268. The molecule has 0 aliphatic heterocycles. The zero-order valence-corrected chi connectivity index (χ0v) is 20.5. The fraction of sp³-hybridized carbons (Fsp3) is 0.464. The van der Waals surface area contributed by atoms with Crippen molar-refractivity contribution in [2.24, 2.45) is 11.8 Å². The van der Waals surface area contributed by atoms with Gasteiger partial charge in [0.2, 0.25) is 0 Å². The second-order valence-corrected chi connectivity index (χ2v) is 9.75. The number of nitrogens with zero attached hydrogens (tertiary/aromatic N) is 2. The first kappa shape index (κ1) is 23.4. The number of pyridine rings is 1. The van der Waals surface area contributed by atoms with Crippen molar-refractivity contribution >= 4 is 17.5 Å². The summed E-state index contributed by atoms with van der Waals surface area (Å²) in [6, 6.07) is 11.3. The molecule has 2 heterocycles. The standard InChI is InChI=1S/C28H33N3O4/c1-18-25(31-16-8-13-23(26(31)29-18)35-17-19-9-4-3-5-10-19)27(32)30-24-21-12-7-6-11-20(21)14-15-22(24)28(33)34-2/h6-8,11-13,16,19,22,24H,3-5,9-10,14-15,17H2,1-2H3,(H,30,32). The zero-order chi connectivity index (χ0) is 24.4. The molecule has 1 saturated carbocycles. The predicted octanol–water partition coefficient (Wildman–Crippen LogP) is 4.81. The highest BCUT2D eigenvalue weighted by Gasteiger charge is 2.37. The first-order chi connectivity index (χ1) is 17.1. The molecule has 0 spiro atoms. The van der Waals surface area contributed by atoms with Crippen molar-refractivity contribution < 1.29 is 19.1 Å². The van der Waals surface area contributed by atoms with Gasteiger partial charge in [0.05, 0.1) is 31.4 Å². The van der Waals surface area contributed by atoms with Crippen molar-refractivity contribution in [3.8, 4) is 5.75 Å². The molecule has 2 aliphatic carbocycles. The van der Waals surface area contributed by atoms with Crippen LogP contribution in [-0.4, -0.2) is 35.0 Å². The molecule has 1 fully saturated rings. The Kier molecular flexibility index (Phi) is 6.75. The maximum Gasteiger partial charge on any atom is 0.311 e. The van der Waals surface area contributed by atoms with Crippen LogP contribution in [0.2, 0.25) is 0 Å². The molecule has 0 bridgehead atoms. The number of rotatable bonds is 6. The third kappa shape index (κ3) is 4.64. The first-order valence-electron chi connectivity index (χ1n) is 12.6. The van der Waals surface area contributed by atoms with Gasteiger partial charge in [-0.15, -0.1) is 0 Å². The van der Waals surface area contributed by atoms with Crippen LogP contribution in [-0.2, 0) is 16.0 Å². The zero-order valence-electron chi connectivity index (χ0n) is 20.5. The Bertz CT molecular complexity index is 1230. The van der Waals surface area contributed by atoms with Crippen molar-refractivity contribution in [2.75, 3.05) is 13.7 Å². The molecular formula is C28H33N3O4. The molecule has 3 aromatic rings. The number of methoxy groups -OCH3 is 1. The van der Waals surface area contributed by atoms with Crippen LogP contribution in [0.4, 0.5) is 0 Å². The number of amides is 1. The summed E-state index contributed by atoms with van der Waals surface area (Å²) in [5.74, 6) is 0.251. The van der Waals surface area contributed by atoms with Gasteiger partial charge in [-0.1, -0.05) is 43.5 Å². The van der Waals surface area contributed by atoms with Gasteiger partial charge in [0.25, 0.3) is 5.91 Å². The van der Waals surface area contributed by atoms with Crippen LogP contribution < -0.4 is 10.1 Å². The number of fused-ring (bicyclic) bond motifs is 2. The monoisotopic (exact) mass is 475 g/mol. The van der Waals surface area contributed by atoms with E-state index in [9.17, 15) is 9.59 Å². The molecule has 7 heteroatoms. The summed E-state index contributed by atoms with van der Waals surface area (Å²) in [5, 5.41) is 3.14. The topological polar surface area (TPSA) is 81.9 Å². The van der Waals surface area contributed by atoms with Crippen LogP contribution in [0.1, 0.15) is 71.9 Å². The van der Waals surface area contributed by atoms with E-state index < -0.39 is 12.0 Å². The summed E-state index contributed by atoms with van der Waals surface area (Å²) < 4.78 is 13.1. The number of carbonyl (C=O) groups is 2. The van der Waals surface area contributed by atoms with E-state index in [1.54, 1.807) is 4.40 Å². The summed E-state index contributed by atoms with van der Waals surface area (Å²) in [6.45, 7) is 2.51. The number of hydrogen-bond donors (Lipinski definition) is 1. The quantitative estimate of drug-likeness (QED) is 0.518. The number of benzene rings is 1. The van der Waals surface area contributed by atoms with Crippen molar-refractivity contribution in [1.29, 1.82) is 0 Å². The highest BCUT2D eigenvalue weighted by Crippen LogP contribution is 2.36. The van der Waals surface area contributed by atoms with Crippen molar-refractivity contribution in [1.82, 2.24) is 14.7 Å². The second kappa shape index (κ2) is 10.1. The molecule has 2 unspecified atom stereocenters. The third-order valence-corrected chi connectivity index (χ3v) is 7.51. The average molecular weight is 476 g/mol. The third-order valence-electron chi connectivity index (χ3n) is 7.51. The highest BCUT2D eigenvalue weighted by molar-refractivity contribution is 5.95. The Morgan fingerprint density at radius 3 is 2.69 bits per heavy atom. The van der Waals surface area contributed by atoms with Gasteiger partial charge in [-0.2, -0.15) is 0 Å². The normalized spacial score (nSPS) is 20.3. The van der Waals surface area contributed by atoms with Gasteiger partial charge in [0, 0.05) is 6.20 Å². The Morgan fingerprint density at radius 1 is 1.09 bits per heavy atom. The number of nitrogens with one attached hydrogen (secondary N) is 1. The van der Waals surface area contributed by atoms with Gasteiger partial charge in [-0.3, -0.25) is 14.0 Å². The number of ether oxygens (including phenoxy) is 2. The summed E-state index contributed by atoms with van der Waals surface area (Å²) in [5.41, 5.74) is 3.82. The van der Waals surface area contributed by atoms with E-state index in [-0.39, 0.29) is 11.9 Å². The largest absolute Gasteiger partial charge is 0.489 e. The van der Waals surface area contributed by atoms with E-state index in [0.717, 1.165) is 17.5 Å². The van der Waals surface area contributed by atoms with Gasteiger partial charge in [-0.05, 0) is 61.8 Å². The first-order valence-corrected chi connectivity index (χ1v) is 12.6. The molecule has 1 aromatic carbocycles. The van der Waals surface area contributed by atoms with Crippen LogP contribution in [0.3, 0.4) is 0 Å². The van der Waals surface area contributed by atoms with Crippen LogP contribution >= 0.6 is 0 Å². The molecule has 2 atom stereocenters. The van der Waals surface area contributed by atoms with Gasteiger partial charge in [0.15, 0.2) is 11.4 Å². The molecule has 5 rings (SSSR count). The number of aromatic nitrogens is 2. The summed E-state index contributed by atoms with van der Waals surface area (Å²) in [4.78, 5) is 30.9. The number of hydrogen-bond acceptors (Lipinski definition) is 5. The van der Waals surface area contributed by atoms with E-state index in [1.165, 1.54) is 39.2 Å². The number of aryl methyl sites for hydroxylation is 2. The second-order valence-electron chi connectivity index (χ2n) is 9.75. The molecule has 7 nitrogen and oxygen atoms in total. The highest BCUT2D eigenvalue weighted by atomic mass is 16.5. The molecular weight excluding hydrogens is 442 g/mol. The predicted molar refractivity (Wildman–Crippen MR) is 132 cm³/mol. The van der Waals surface area contributed by atoms with E-state index >= 15 is 0 Å².